The molecule has 0 bridgehead atoms. The summed E-state index contributed by atoms with van der Waals surface area (Å²) >= 11 is 0. The van der Waals surface area contributed by atoms with Gasteiger partial charge in [0.05, 0.1) is 30.7 Å². The summed E-state index contributed by atoms with van der Waals surface area (Å²) in [5.41, 5.74) is 0.223. The van der Waals surface area contributed by atoms with Crippen molar-refractivity contribution >= 4 is 35.0 Å². The molecule has 1 aromatic carbocycles. The van der Waals surface area contributed by atoms with Crippen molar-refractivity contribution in [3.05, 3.63) is 24.0 Å². The number of halogens is 1. The number of rotatable bonds is 7. The molecule has 2 aliphatic heterocycles. The maximum Gasteiger partial charge on any atom is 0.244 e. The van der Waals surface area contributed by atoms with E-state index in [9.17, 15) is 23.6 Å². The van der Waals surface area contributed by atoms with E-state index in [4.69, 9.17) is 4.74 Å². The highest BCUT2D eigenvalue weighted by atomic mass is 19.1. The van der Waals surface area contributed by atoms with Crippen LogP contribution in [0.25, 0.3) is 0 Å². The zero-order valence-electron chi connectivity index (χ0n) is 18.5. The Kier molecular flexibility index (Phi) is 7.34. The molecule has 2 unspecified atom stereocenters. The Balaban J connectivity index is 1.31. The van der Waals surface area contributed by atoms with Gasteiger partial charge in [-0.15, -0.1) is 0 Å². The van der Waals surface area contributed by atoms with Crippen molar-refractivity contribution in [2.75, 3.05) is 50.0 Å². The third-order valence-electron chi connectivity index (χ3n) is 6.52. The van der Waals surface area contributed by atoms with Crippen LogP contribution in [0.3, 0.4) is 0 Å². The normalized spacial score (nSPS) is 23.4. The summed E-state index contributed by atoms with van der Waals surface area (Å²) in [6.07, 6.45) is 3.39. The number of anilines is 2. The average molecular weight is 461 g/mol. The zero-order chi connectivity index (χ0) is 23.4. The van der Waals surface area contributed by atoms with Crippen LogP contribution < -0.4 is 10.6 Å². The van der Waals surface area contributed by atoms with Crippen LogP contribution >= 0.6 is 0 Å². The lowest BCUT2D eigenvalue weighted by molar-refractivity contribution is -0.142. The van der Waals surface area contributed by atoms with Gasteiger partial charge in [0.2, 0.25) is 23.6 Å². The van der Waals surface area contributed by atoms with Gasteiger partial charge < -0.3 is 15.4 Å². The molecule has 4 amide bonds. The highest BCUT2D eigenvalue weighted by Gasteiger charge is 2.48. The second kappa shape index (κ2) is 10.4. The molecule has 3 aliphatic rings. The first-order chi connectivity index (χ1) is 15.9. The molecule has 1 aromatic rings. The number of nitrogens with zero attached hydrogens (tertiary/aromatic N) is 2. The van der Waals surface area contributed by atoms with Gasteiger partial charge in [-0.2, -0.15) is 0 Å². The maximum absolute atomic E-state index is 14.2. The first kappa shape index (κ1) is 23.3. The number of benzene rings is 1. The second-order valence-corrected chi connectivity index (χ2v) is 8.76. The van der Waals surface area contributed by atoms with Crippen LogP contribution in [0, 0.1) is 17.7 Å². The summed E-state index contributed by atoms with van der Waals surface area (Å²) in [6.45, 7) is 2.96. The van der Waals surface area contributed by atoms with Gasteiger partial charge in [-0.3, -0.25) is 29.0 Å². The van der Waals surface area contributed by atoms with E-state index in [1.807, 2.05) is 0 Å². The van der Waals surface area contributed by atoms with Gasteiger partial charge in [0.15, 0.2) is 0 Å². The smallest absolute Gasteiger partial charge is 0.244 e. The molecule has 9 nitrogen and oxygen atoms in total. The van der Waals surface area contributed by atoms with Gasteiger partial charge >= 0.3 is 0 Å². The van der Waals surface area contributed by atoms with E-state index in [0.29, 0.717) is 32.6 Å². The second-order valence-electron chi connectivity index (χ2n) is 8.76. The van der Waals surface area contributed by atoms with Crippen LogP contribution in [-0.2, 0) is 23.9 Å². The number of nitrogens with one attached hydrogen (secondary N) is 2. The number of hydrogen-bond acceptors (Lipinski definition) is 6. The molecule has 3 fully saturated rings. The number of imide groups is 1. The molecule has 0 radical (unpaired) electrons. The number of likely N-dealkylation sites (tertiary alicyclic amines) is 1. The highest BCUT2D eigenvalue weighted by molar-refractivity contribution is 6.08. The number of morpholine rings is 1. The van der Waals surface area contributed by atoms with Crippen LogP contribution in [0.5, 0.6) is 0 Å². The number of hydrogen-bond donors (Lipinski definition) is 2. The zero-order valence-corrected chi connectivity index (χ0v) is 18.5. The standard InChI is InChI=1S/C23H29FN4O5/c24-18-6-5-15(13-19(18)26-20(29)7-8-27-9-11-33-12-10-27)25-21(30)14-28-22(31)16-3-1-2-4-17(16)23(28)32/h5-6,13,16-17H,1-4,7-12,14H2,(H,25,30)(H,26,29). The molecule has 10 heteroatoms. The number of ether oxygens (including phenoxy) is 1. The van der Waals surface area contributed by atoms with Crippen LogP contribution in [0.2, 0.25) is 0 Å². The topological polar surface area (TPSA) is 108 Å². The lowest BCUT2D eigenvalue weighted by atomic mass is 9.81. The van der Waals surface area contributed by atoms with E-state index in [-0.39, 0.29) is 53.9 Å². The molecule has 2 saturated heterocycles. The molecule has 0 spiro atoms. The fourth-order valence-corrected chi connectivity index (χ4v) is 4.73. The third-order valence-corrected chi connectivity index (χ3v) is 6.52. The van der Waals surface area contributed by atoms with Crippen LogP contribution in [-0.4, -0.2) is 72.8 Å². The van der Waals surface area contributed by atoms with Crippen molar-refractivity contribution in [3.63, 3.8) is 0 Å². The molecule has 1 saturated carbocycles. The fourth-order valence-electron chi connectivity index (χ4n) is 4.73. The van der Waals surface area contributed by atoms with E-state index in [1.165, 1.54) is 12.1 Å². The molecule has 33 heavy (non-hydrogen) atoms. The minimum Gasteiger partial charge on any atom is -0.379 e. The van der Waals surface area contributed by atoms with Crippen molar-refractivity contribution < 1.29 is 28.3 Å². The van der Waals surface area contributed by atoms with Gasteiger partial charge in [0, 0.05) is 31.7 Å². The van der Waals surface area contributed by atoms with Gasteiger partial charge in [0.1, 0.15) is 12.4 Å². The summed E-state index contributed by atoms with van der Waals surface area (Å²) in [7, 11) is 0. The maximum atomic E-state index is 14.2. The molecule has 2 heterocycles. The Morgan fingerprint density at radius 1 is 1.00 bits per heavy atom. The molecule has 2 N–H and O–H groups in total. The minimum atomic E-state index is -0.623. The first-order valence-electron chi connectivity index (χ1n) is 11.5. The van der Waals surface area contributed by atoms with E-state index in [2.05, 4.69) is 15.5 Å². The van der Waals surface area contributed by atoms with Crippen LogP contribution in [0.4, 0.5) is 15.8 Å². The summed E-state index contributed by atoms with van der Waals surface area (Å²) in [5, 5.41) is 5.13. The van der Waals surface area contributed by atoms with Crippen LogP contribution in [0.1, 0.15) is 32.1 Å². The molecule has 4 rings (SSSR count). The molecule has 178 valence electrons. The van der Waals surface area contributed by atoms with Gasteiger partial charge in [0.25, 0.3) is 0 Å². The summed E-state index contributed by atoms with van der Waals surface area (Å²) in [6, 6.07) is 3.84. The Morgan fingerprint density at radius 3 is 2.33 bits per heavy atom. The SMILES string of the molecule is O=C(CN1C(=O)C2CCCCC2C1=O)Nc1ccc(F)c(NC(=O)CCN2CCOCC2)c1. The average Bonchev–Trinajstić information content (AvgIpc) is 3.05. The van der Waals surface area contributed by atoms with Crippen molar-refractivity contribution in [2.45, 2.75) is 32.1 Å². The predicted molar refractivity (Wildman–Crippen MR) is 118 cm³/mol. The van der Waals surface area contributed by atoms with Crippen molar-refractivity contribution in [1.29, 1.82) is 0 Å². The molecular weight excluding hydrogens is 431 g/mol. The predicted octanol–water partition coefficient (Wildman–Crippen LogP) is 1.60. The van der Waals surface area contributed by atoms with Gasteiger partial charge in [-0.1, -0.05) is 12.8 Å². The monoisotopic (exact) mass is 460 g/mol. The molecule has 1 aliphatic carbocycles. The summed E-state index contributed by atoms with van der Waals surface area (Å²) in [5.74, 6) is -2.71. The van der Waals surface area contributed by atoms with Crippen LogP contribution in [0.15, 0.2) is 18.2 Å². The molecule has 0 aromatic heterocycles. The highest BCUT2D eigenvalue weighted by Crippen LogP contribution is 2.37. The molecular formula is C23H29FN4O5. The number of fused-ring (bicyclic) bond motifs is 1. The number of amides is 4. The van der Waals surface area contributed by atoms with E-state index < -0.39 is 11.7 Å². The Labute approximate surface area is 191 Å². The lowest BCUT2D eigenvalue weighted by Crippen LogP contribution is -2.38. The number of carbonyl (C=O) groups is 4. The third kappa shape index (κ3) is 5.56. The minimum absolute atomic E-state index is 0.0425. The van der Waals surface area contributed by atoms with E-state index in [1.54, 1.807) is 0 Å². The Morgan fingerprint density at radius 2 is 1.67 bits per heavy atom. The van der Waals surface area contributed by atoms with Gasteiger partial charge in [-0.25, -0.2) is 4.39 Å². The van der Waals surface area contributed by atoms with Crippen molar-refractivity contribution in [3.8, 4) is 0 Å². The largest absolute Gasteiger partial charge is 0.379 e. The number of carbonyl (C=O) groups excluding carboxylic acids is 4. The fraction of sp³-hybridized carbons (Fsp3) is 0.565. The van der Waals surface area contributed by atoms with E-state index in [0.717, 1.165) is 36.9 Å². The summed E-state index contributed by atoms with van der Waals surface area (Å²) in [4.78, 5) is 53.0. The summed E-state index contributed by atoms with van der Waals surface area (Å²) < 4.78 is 19.5. The molecule has 2 atom stereocenters. The van der Waals surface area contributed by atoms with Crippen molar-refractivity contribution in [2.24, 2.45) is 11.8 Å². The Hall–Kier alpha value is -2.85. The van der Waals surface area contributed by atoms with Crippen molar-refractivity contribution in [1.82, 2.24) is 9.80 Å². The first-order valence-corrected chi connectivity index (χ1v) is 11.5. The quantitative estimate of drug-likeness (QED) is 0.599. The lowest BCUT2D eigenvalue weighted by Gasteiger charge is -2.26. The Bertz CT molecular complexity index is 909. The van der Waals surface area contributed by atoms with E-state index >= 15 is 0 Å². The van der Waals surface area contributed by atoms with Gasteiger partial charge in [-0.05, 0) is 31.0 Å².